The minimum atomic E-state index is -0.414. The molecule has 0 fully saturated rings. The molecule has 4 nitrogen and oxygen atoms in total. The van der Waals surface area contributed by atoms with E-state index in [4.69, 9.17) is 5.73 Å². The summed E-state index contributed by atoms with van der Waals surface area (Å²) in [7, 11) is 0. The average molecular weight is 248 g/mol. The Morgan fingerprint density at radius 3 is 3.12 bits per heavy atom. The van der Waals surface area contributed by atoms with Gasteiger partial charge >= 0.3 is 0 Å². The number of anilines is 1. The van der Waals surface area contributed by atoms with E-state index in [1.165, 1.54) is 21.7 Å². The molecule has 0 aromatic carbocycles. The average Bonchev–Trinajstić information content (AvgIpc) is 2.87. The smallest absolute Gasteiger partial charge is 0.178 e. The van der Waals surface area contributed by atoms with Gasteiger partial charge in [-0.3, -0.25) is 0 Å². The number of nitrogens with two attached hydrogens (primary N) is 1. The Labute approximate surface area is 101 Å². The highest BCUT2D eigenvalue weighted by Gasteiger charge is 2.09. The van der Waals surface area contributed by atoms with E-state index < -0.39 is 5.82 Å². The molecule has 3 heterocycles. The van der Waals surface area contributed by atoms with Gasteiger partial charge in [-0.25, -0.2) is 13.9 Å². The van der Waals surface area contributed by atoms with E-state index >= 15 is 0 Å². The van der Waals surface area contributed by atoms with Crippen LogP contribution >= 0.6 is 11.3 Å². The molecule has 0 unspecified atom stereocenters. The predicted octanol–water partition coefficient (Wildman–Crippen LogP) is 2.10. The van der Waals surface area contributed by atoms with Crippen molar-refractivity contribution in [2.24, 2.45) is 0 Å². The lowest BCUT2D eigenvalue weighted by Crippen LogP contribution is -1.95. The van der Waals surface area contributed by atoms with E-state index in [9.17, 15) is 4.39 Å². The van der Waals surface area contributed by atoms with Crippen molar-refractivity contribution in [3.8, 4) is 0 Å². The molecule has 0 atom stereocenters. The molecule has 0 saturated heterocycles. The molecule has 0 saturated carbocycles. The maximum Gasteiger partial charge on any atom is 0.178 e. The highest BCUT2D eigenvalue weighted by Crippen LogP contribution is 2.16. The fourth-order valence-electron chi connectivity index (χ4n) is 1.67. The van der Waals surface area contributed by atoms with Crippen LogP contribution in [0.25, 0.3) is 5.65 Å². The first-order valence-corrected chi connectivity index (χ1v) is 5.93. The summed E-state index contributed by atoms with van der Waals surface area (Å²) in [5.41, 5.74) is 6.48. The molecule has 0 radical (unpaired) electrons. The van der Waals surface area contributed by atoms with E-state index in [1.54, 1.807) is 11.3 Å². The third kappa shape index (κ3) is 1.87. The van der Waals surface area contributed by atoms with Gasteiger partial charge in [-0.1, -0.05) is 6.07 Å². The fraction of sp³-hybridized carbons (Fsp3) is 0.0909. The molecule has 86 valence electrons. The number of nitrogen functional groups attached to an aromatic ring is 1. The first-order chi connectivity index (χ1) is 8.22. The van der Waals surface area contributed by atoms with Crippen molar-refractivity contribution < 1.29 is 4.39 Å². The lowest BCUT2D eigenvalue weighted by Gasteiger charge is -1.95. The monoisotopic (exact) mass is 248 g/mol. The maximum absolute atomic E-state index is 13.1. The van der Waals surface area contributed by atoms with Crippen molar-refractivity contribution in [1.29, 1.82) is 0 Å². The van der Waals surface area contributed by atoms with Gasteiger partial charge in [0.15, 0.2) is 11.5 Å². The van der Waals surface area contributed by atoms with E-state index in [0.29, 0.717) is 23.6 Å². The predicted molar refractivity (Wildman–Crippen MR) is 64.5 cm³/mol. The summed E-state index contributed by atoms with van der Waals surface area (Å²) >= 11 is 1.64. The second kappa shape index (κ2) is 3.81. The first-order valence-electron chi connectivity index (χ1n) is 5.05. The molecule has 0 amide bonds. The third-order valence-electron chi connectivity index (χ3n) is 2.38. The van der Waals surface area contributed by atoms with Crippen LogP contribution < -0.4 is 5.73 Å². The van der Waals surface area contributed by atoms with E-state index in [-0.39, 0.29) is 0 Å². The first kappa shape index (κ1) is 10.2. The number of hydrogen-bond acceptors (Lipinski definition) is 4. The SMILES string of the molecule is Nc1cc(F)cn2nc(Cc3cccs3)nc12. The lowest BCUT2D eigenvalue weighted by atomic mass is 10.3. The Balaban J connectivity index is 2.05. The topological polar surface area (TPSA) is 56.2 Å². The Kier molecular flexibility index (Phi) is 2.29. The van der Waals surface area contributed by atoms with Gasteiger partial charge in [-0.05, 0) is 11.4 Å². The quantitative estimate of drug-likeness (QED) is 0.755. The Bertz CT molecular complexity index is 659. The zero-order valence-corrected chi connectivity index (χ0v) is 9.62. The van der Waals surface area contributed by atoms with Gasteiger partial charge in [-0.15, -0.1) is 11.3 Å². The molecule has 3 aromatic heterocycles. The van der Waals surface area contributed by atoms with Crippen LogP contribution in [-0.4, -0.2) is 14.6 Å². The number of hydrogen-bond donors (Lipinski definition) is 1. The number of rotatable bonds is 2. The van der Waals surface area contributed by atoms with Crippen LogP contribution in [0.2, 0.25) is 0 Å². The van der Waals surface area contributed by atoms with Crippen LogP contribution in [0.15, 0.2) is 29.8 Å². The normalized spacial score (nSPS) is 11.1. The number of nitrogens with zero attached hydrogens (tertiary/aromatic N) is 3. The number of fused-ring (bicyclic) bond motifs is 1. The van der Waals surface area contributed by atoms with E-state index in [1.807, 2.05) is 17.5 Å². The van der Waals surface area contributed by atoms with Crippen molar-refractivity contribution >= 4 is 22.7 Å². The van der Waals surface area contributed by atoms with Gasteiger partial charge in [0.2, 0.25) is 0 Å². The van der Waals surface area contributed by atoms with Gasteiger partial charge in [0.05, 0.1) is 11.9 Å². The van der Waals surface area contributed by atoms with Crippen LogP contribution in [0.1, 0.15) is 10.7 Å². The number of halogens is 1. The number of aromatic nitrogens is 3. The minimum Gasteiger partial charge on any atom is -0.396 e. The highest BCUT2D eigenvalue weighted by atomic mass is 32.1. The molecule has 3 rings (SSSR count). The Hall–Kier alpha value is -1.95. The minimum absolute atomic E-state index is 0.301. The Morgan fingerprint density at radius 2 is 2.35 bits per heavy atom. The van der Waals surface area contributed by atoms with Crippen molar-refractivity contribution in [3.05, 3.63) is 46.3 Å². The van der Waals surface area contributed by atoms with Crippen molar-refractivity contribution in [2.45, 2.75) is 6.42 Å². The summed E-state index contributed by atoms with van der Waals surface area (Å²) < 4.78 is 14.5. The van der Waals surface area contributed by atoms with Crippen molar-refractivity contribution in [2.75, 3.05) is 5.73 Å². The van der Waals surface area contributed by atoms with Gasteiger partial charge in [-0.2, -0.15) is 5.10 Å². The molecule has 17 heavy (non-hydrogen) atoms. The molecular weight excluding hydrogens is 239 g/mol. The molecule has 0 bridgehead atoms. The summed E-state index contributed by atoms with van der Waals surface area (Å²) in [4.78, 5) is 5.46. The van der Waals surface area contributed by atoms with E-state index in [0.717, 1.165) is 0 Å². The van der Waals surface area contributed by atoms with Gasteiger partial charge in [0, 0.05) is 17.4 Å². The zero-order valence-electron chi connectivity index (χ0n) is 8.80. The third-order valence-corrected chi connectivity index (χ3v) is 3.26. The summed E-state index contributed by atoms with van der Waals surface area (Å²) in [5.74, 6) is 0.229. The van der Waals surface area contributed by atoms with Crippen LogP contribution in [-0.2, 0) is 6.42 Å². The Morgan fingerprint density at radius 1 is 1.47 bits per heavy atom. The second-order valence-electron chi connectivity index (χ2n) is 3.67. The van der Waals surface area contributed by atoms with Crippen LogP contribution in [0.3, 0.4) is 0 Å². The van der Waals surface area contributed by atoms with E-state index in [2.05, 4.69) is 10.1 Å². The second-order valence-corrected chi connectivity index (χ2v) is 4.70. The summed E-state index contributed by atoms with van der Waals surface area (Å²) in [6.45, 7) is 0. The summed E-state index contributed by atoms with van der Waals surface area (Å²) in [6, 6.07) is 5.24. The maximum atomic E-state index is 13.1. The van der Waals surface area contributed by atoms with Gasteiger partial charge in [0.25, 0.3) is 0 Å². The molecule has 0 spiro atoms. The van der Waals surface area contributed by atoms with Crippen molar-refractivity contribution in [3.63, 3.8) is 0 Å². The number of thiophene rings is 1. The standard InChI is InChI=1S/C11H9FN4S/c12-7-4-9(13)11-14-10(15-16(11)6-7)5-8-2-1-3-17-8/h1-4,6H,5,13H2. The fourth-order valence-corrected chi connectivity index (χ4v) is 2.37. The molecule has 0 aliphatic rings. The van der Waals surface area contributed by atoms with Crippen LogP contribution in [0.4, 0.5) is 10.1 Å². The van der Waals surface area contributed by atoms with Crippen LogP contribution in [0.5, 0.6) is 0 Å². The molecular formula is C11H9FN4S. The molecule has 2 N–H and O–H groups in total. The van der Waals surface area contributed by atoms with Gasteiger partial charge in [0.1, 0.15) is 5.82 Å². The molecule has 3 aromatic rings. The lowest BCUT2D eigenvalue weighted by molar-refractivity contribution is 0.615. The number of pyridine rings is 1. The molecule has 0 aliphatic heterocycles. The molecule has 6 heteroatoms. The molecule has 0 aliphatic carbocycles. The van der Waals surface area contributed by atoms with Crippen molar-refractivity contribution in [1.82, 2.24) is 14.6 Å². The highest BCUT2D eigenvalue weighted by molar-refractivity contribution is 7.09. The van der Waals surface area contributed by atoms with Crippen LogP contribution in [0, 0.1) is 5.82 Å². The zero-order chi connectivity index (χ0) is 11.8. The summed E-state index contributed by atoms with van der Waals surface area (Å²) in [5, 5.41) is 6.20. The largest absolute Gasteiger partial charge is 0.396 e. The van der Waals surface area contributed by atoms with Gasteiger partial charge < -0.3 is 5.73 Å². The summed E-state index contributed by atoms with van der Waals surface area (Å²) in [6.07, 6.45) is 1.91.